The minimum Gasteiger partial charge on any atom is -0.497 e. The summed E-state index contributed by atoms with van der Waals surface area (Å²) in [5, 5.41) is 6.14. The molecule has 0 saturated carbocycles. The summed E-state index contributed by atoms with van der Waals surface area (Å²) in [5.74, 6) is 1.96. The van der Waals surface area contributed by atoms with Crippen LogP contribution in [0.5, 0.6) is 11.5 Å². The van der Waals surface area contributed by atoms with Crippen LogP contribution in [0.15, 0.2) is 128 Å². The van der Waals surface area contributed by atoms with Crippen molar-refractivity contribution in [3.8, 4) is 22.6 Å². The summed E-state index contributed by atoms with van der Waals surface area (Å²) >= 11 is 0. The van der Waals surface area contributed by atoms with E-state index in [2.05, 4.69) is 132 Å². The second-order valence-electron chi connectivity index (χ2n) is 15.1. The molecular formula is C49H35N5OPd. The van der Waals surface area contributed by atoms with Crippen molar-refractivity contribution in [2.75, 3.05) is 0 Å². The standard InChI is InChI=1S/C49H35N5O.Pd/c1-28(2)33-10-9-11-34(29(3)4)47(33)30-16-21-43-38(24-30)36-20-18-32(26-40(36)48-51-41-12-5-7-14-44(41)53(43)48)55-31-17-19-35-37-22-23-50-27-46(37)54-45-15-8-6-13-42(45)52-49(54)39(35)25-31;/h5-24,27-29H,1-4H3;/q-2;+2. The molecule has 7 heteroatoms. The van der Waals surface area contributed by atoms with Crippen molar-refractivity contribution in [1.29, 1.82) is 0 Å². The van der Waals surface area contributed by atoms with E-state index < -0.39 is 0 Å². The van der Waals surface area contributed by atoms with Gasteiger partial charge in [-0.05, 0) is 81.3 Å². The Morgan fingerprint density at radius 1 is 0.536 bits per heavy atom. The van der Waals surface area contributed by atoms with Gasteiger partial charge in [-0.3, -0.25) is 15.0 Å². The van der Waals surface area contributed by atoms with Crippen molar-refractivity contribution in [2.45, 2.75) is 39.5 Å². The zero-order valence-electron chi connectivity index (χ0n) is 31.2. The topological polar surface area (TPSA) is 56.7 Å². The predicted molar refractivity (Wildman–Crippen MR) is 225 cm³/mol. The zero-order valence-corrected chi connectivity index (χ0v) is 32.8. The van der Waals surface area contributed by atoms with E-state index in [0.717, 1.165) is 76.7 Å². The fraction of sp³-hybridized carbons (Fsp3) is 0.122. The first-order chi connectivity index (χ1) is 26.9. The first-order valence-corrected chi connectivity index (χ1v) is 18.9. The van der Waals surface area contributed by atoms with Gasteiger partial charge in [0, 0.05) is 29.4 Å². The largest absolute Gasteiger partial charge is 2.00 e. The number of benzene rings is 6. The van der Waals surface area contributed by atoms with Crippen molar-refractivity contribution in [2.24, 2.45) is 0 Å². The molecule has 0 unspecified atom stereocenters. The molecule has 272 valence electrons. The van der Waals surface area contributed by atoms with Crippen LogP contribution in [-0.2, 0) is 20.4 Å². The fourth-order valence-electron chi connectivity index (χ4n) is 8.64. The third-order valence-electron chi connectivity index (χ3n) is 11.1. The van der Waals surface area contributed by atoms with E-state index >= 15 is 0 Å². The van der Waals surface area contributed by atoms with Gasteiger partial charge in [0.25, 0.3) is 0 Å². The zero-order chi connectivity index (χ0) is 36.9. The van der Waals surface area contributed by atoms with Gasteiger partial charge < -0.3 is 13.5 Å². The molecule has 6 aromatic carbocycles. The molecule has 0 saturated heterocycles. The van der Waals surface area contributed by atoms with Crippen molar-refractivity contribution in [3.63, 3.8) is 0 Å². The number of aromatic nitrogens is 5. The molecule has 56 heavy (non-hydrogen) atoms. The molecule has 11 aromatic rings. The van der Waals surface area contributed by atoms with E-state index in [1.165, 1.54) is 22.3 Å². The summed E-state index contributed by atoms with van der Waals surface area (Å²) in [6.07, 6.45) is 3.74. The molecule has 0 N–H and O–H groups in total. The van der Waals surface area contributed by atoms with Crippen LogP contribution < -0.4 is 4.74 Å². The number of hydrogen-bond donors (Lipinski definition) is 0. The molecule has 0 radical (unpaired) electrons. The summed E-state index contributed by atoms with van der Waals surface area (Å²) in [6.45, 7) is 9.13. The number of ether oxygens (including phenoxy) is 1. The SMILES string of the molecule is CC(C)c1cccc(C(C)C)c1-c1ccc2c(c1)c1ccc(Oc3[c-]c4c(cc3)c3ccncc3n3c5ccccc5nc43)[c-]c1c1nc3ccccc3n21.[Pd+2]. The molecule has 0 fully saturated rings. The van der Waals surface area contributed by atoms with Crippen LogP contribution >= 0.6 is 0 Å². The van der Waals surface area contributed by atoms with Crippen LogP contribution in [0.3, 0.4) is 0 Å². The molecule has 0 aliphatic heterocycles. The average Bonchev–Trinajstić information content (AvgIpc) is 3.81. The Morgan fingerprint density at radius 3 is 1.71 bits per heavy atom. The van der Waals surface area contributed by atoms with Crippen LogP contribution in [0.4, 0.5) is 0 Å². The van der Waals surface area contributed by atoms with Gasteiger partial charge in [-0.1, -0.05) is 128 Å². The van der Waals surface area contributed by atoms with Crippen LogP contribution in [0.2, 0.25) is 0 Å². The van der Waals surface area contributed by atoms with Crippen molar-refractivity contribution >= 4 is 76.7 Å². The number of fused-ring (bicyclic) bond motifs is 16. The van der Waals surface area contributed by atoms with E-state index in [-0.39, 0.29) is 20.4 Å². The van der Waals surface area contributed by atoms with E-state index in [1.54, 1.807) is 0 Å². The Kier molecular flexibility index (Phi) is 7.97. The van der Waals surface area contributed by atoms with Crippen molar-refractivity contribution in [3.05, 3.63) is 151 Å². The van der Waals surface area contributed by atoms with Gasteiger partial charge >= 0.3 is 20.4 Å². The molecule has 0 amide bonds. The van der Waals surface area contributed by atoms with Gasteiger partial charge in [-0.2, -0.15) is 0 Å². The van der Waals surface area contributed by atoms with Crippen LogP contribution in [0.1, 0.15) is 50.7 Å². The number of pyridine rings is 3. The van der Waals surface area contributed by atoms with E-state index in [1.807, 2.05) is 48.8 Å². The normalized spacial score (nSPS) is 12.1. The molecule has 6 nitrogen and oxygen atoms in total. The molecule has 5 aromatic heterocycles. The van der Waals surface area contributed by atoms with Gasteiger partial charge in [0.15, 0.2) is 0 Å². The summed E-state index contributed by atoms with van der Waals surface area (Å²) in [7, 11) is 0. The minimum absolute atomic E-state index is 0. The summed E-state index contributed by atoms with van der Waals surface area (Å²) in [5.41, 5.74) is 13.0. The number of para-hydroxylation sites is 4. The Bertz CT molecular complexity index is 3350. The molecule has 5 heterocycles. The summed E-state index contributed by atoms with van der Waals surface area (Å²) in [4.78, 5) is 14.7. The molecule has 0 aliphatic carbocycles. The third-order valence-corrected chi connectivity index (χ3v) is 11.1. The van der Waals surface area contributed by atoms with Crippen molar-refractivity contribution < 1.29 is 25.2 Å². The van der Waals surface area contributed by atoms with Crippen LogP contribution in [-0.4, -0.2) is 23.8 Å². The van der Waals surface area contributed by atoms with Crippen LogP contribution in [0, 0.1) is 12.1 Å². The first-order valence-electron chi connectivity index (χ1n) is 18.9. The average molecular weight is 816 g/mol. The van der Waals surface area contributed by atoms with Crippen LogP contribution in [0.25, 0.3) is 87.8 Å². The molecule has 11 rings (SSSR count). The number of rotatable bonds is 5. The Balaban J connectivity index is 0.00000384. The third kappa shape index (κ3) is 5.08. The van der Waals surface area contributed by atoms with E-state index in [9.17, 15) is 0 Å². The van der Waals surface area contributed by atoms with Crippen molar-refractivity contribution in [1.82, 2.24) is 23.8 Å². The smallest absolute Gasteiger partial charge is 0.497 e. The summed E-state index contributed by atoms with van der Waals surface area (Å²) < 4.78 is 11.1. The molecular weight excluding hydrogens is 781 g/mol. The van der Waals surface area contributed by atoms with Gasteiger partial charge in [-0.25, -0.2) is 0 Å². The molecule has 0 aliphatic rings. The monoisotopic (exact) mass is 815 g/mol. The van der Waals surface area contributed by atoms with Gasteiger partial charge in [0.05, 0.1) is 38.9 Å². The fourth-order valence-corrected chi connectivity index (χ4v) is 8.64. The maximum absolute atomic E-state index is 6.64. The molecule has 0 spiro atoms. The van der Waals surface area contributed by atoms with E-state index in [0.29, 0.717) is 23.3 Å². The first kappa shape index (κ1) is 34.4. The maximum atomic E-state index is 6.64. The second kappa shape index (κ2) is 13.0. The number of hydrogen-bond acceptors (Lipinski definition) is 4. The Hall–Kier alpha value is -6.13. The maximum Gasteiger partial charge on any atom is 2.00 e. The Labute approximate surface area is 337 Å². The number of imidazole rings is 2. The molecule has 0 bridgehead atoms. The Morgan fingerprint density at radius 2 is 1.11 bits per heavy atom. The van der Waals surface area contributed by atoms with Gasteiger partial charge in [-0.15, -0.1) is 12.1 Å². The minimum atomic E-state index is 0. The van der Waals surface area contributed by atoms with E-state index in [4.69, 9.17) is 14.7 Å². The predicted octanol–water partition coefficient (Wildman–Crippen LogP) is 12.6. The quantitative estimate of drug-likeness (QED) is 0.0986. The summed E-state index contributed by atoms with van der Waals surface area (Å²) in [6, 6.07) is 47.8. The van der Waals surface area contributed by atoms with Gasteiger partial charge in [0.1, 0.15) is 0 Å². The van der Waals surface area contributed by atoms with Gasteiger partial charge in [0.2, 0.25) is 0 Å². The second-order valence-corrected chi connectivity index (χ2v) is 15.1. The molecule has 0 atom stereocenters. The number of nitrogens with zero attached hydrogens (tertiary/aromatic N) is 5.